The first-order valence-electron chi connectivity index (χ1n) is 20.6. The average Bonchev–Trinajstić information content (AvgIpc) is 3.74. The maximum absolute atomic E-state index is 12.0. The van der Waals surface area contributed by atoms with Gasteiger partial charge in [-0.3, -0.25) is 9.58 Å². The quantitative estimate of drug-likeness (QED) is 0.222. The van der Waals surface area contributed by atoms with Crippen molar-refractivity contribution in [2.45, 2.75) is 118 Å². The van der Waals surface area contributed by atoms with E-state index in [1.165, 1.54) is 55.2 Å². The minimum absolute atomic E-state index is 0.0137. The first-order chi connectivity index (χ1) is 25.0. The van der Waals surface area contributed by atoms with E-state index >= 15 is 0 Å². The van der Waals surface area contributed by atoms with E-state index in [0.29, 0.717) is 48.2 Å². The molecule has 9 atom stereocenters. The summed E-state index contributed by atoms with van der Waals surface area (Å²) in [5.41, 5.74) is 5.16. The van der Waals surface area contributed by atoms with E-state index in [1.807, 2.05) is 23.1 Å². The summed E-state index contributed by atoms with van der Waals surface area (Å²) in [7, 11) is -2.89. The largest absolute Gasteiger partial charge is 0.364 e. The maximum atomic E-state index is 12.0. The Labute approximate surface area is 318 Å². The highest BCUT2D eigenvalue weighted by molar-refractivity contribution is 7.91. The Balaban J connectivity index is 1.07. The number of rotatable bonds is 7. The van der Waals surface area contributed by atoms with Gasteiger partial charge in [0.25, 0.3) is 0 Å². The number of aliphatic hydroxyl groups is 2. The molecule has 5 fully saturated rings. The Kier molecular flexibility index (Phi) is 9.12. The van der Waals surface area contributed by atoms with Gasteiger partial charge in [0.1, 0.15) is 6.33 Å². The Bertz CT molecular complexity index is 1870. The lowest BCUT2D eigenvalue weighted by Gasteiger charge is -2.72. The molecule has 4 saturated carbocycles. The van der Waals surface area contributed by atoms with Crippen LogP contribution in [0.15, 0.2) is 48.8 Å². The molecule has 53 heavy (non-hydrogen) atoms. The van der Waals surface area contributed by atoms with Crippen molar-refractivity contribution < 1.29 is 18.6 Å². The van der Waals surface area contributed by atoms with Crippen molar-refractivity contribution in [3.8, 4) is 0 Å². The second-order valence-electron chi connectivity index (χ2n) is 19.7. The zero-order valence-electron chi connectivity index (χ0n) is 33.1. The molecule has 1 aromatic carbocycles. The summed E-state index contributed by atoms with van der Waals surface area (Å²) in [5.74, 6) is 4.38. The molecule has 8 nitrogen and oxygen atoms in total. The minimum Gasteiger partial charge on any atom is -0.364 e. The second-order valence-corrected chi connectivity index (χ2v) is 22.0. The molecular weight excluding hydrogens is 681 g/mol. The molecule has 1 aliphatic heterocycles. The molecule has 0 amide bonds. The summed E-state index contributed by atoms with van der Waals surface area (Å²) < 4.78 is 26.0. The van der Waals surface area contributed by atoms with E-state index in [9.17, 15) is 18.6 Å². The first-order valence-corrected chi connectivity index (χ1v) is 22.4. The third-order valence-corrected chi connectivity index (χ3v) is 18.8. The van der Waals surface area contributed by atoms with E-state index in [0.717, 1.165) is 38.2 Å². The molecule has 0 unspecified atom stereocenters. The highest BCUT2D eigenvalue weighted by Gasteiger charge is 2.71. The van der Waals surface area contributed by atoms with Gasteiger partial charge in [-0.1, -0.05) is 77.1 Å². The standard InChI is InChI=1S/C44H64N4O4S/c1-29(2)32-14-19-44(39-45-28-48(46-39)23-22-47-24-26-53(51,52)27-25-47)21-20-42(6)34(37(32)44)12-13-36-41(5)17-15-33(30-8-10-31(11-9-30)38(49)50)40(3,4)35(41)16-18-43(36,42)7/h8-11,15,28,32,34-38,49-50H,1,12-14,16-27H2,2-7H3/t32-,34+,35-,36+,37+,41-,42+,43+,44-/m0/s1. The number of aliphatic hydroxyl groups excluding tert-OH is 1. The van der Waals surface area contributed by atoms with E-state index in [-0.39, 0.29) is 38.6 Å². The number of hydrogen-bond acceptors (Lipinski definition) is 7. The van der Waals surface area contributed by atoms with E-state index < -0.39 is 16.1 Å². The summed E-state index contributed by atoms with van der Waals surface area (Å²) in [6, 6.07) is 7.89. The molecule has 1 aromatic heterocycles. The molecule has 9 heteroatoms. The Morgan fingerprint density at radius 3 is 2.30 bits per heavy atom. The fourth-order valence-corrected chi connectivity index (χ4v) is 15.6. The van der Waals surface area contributed by atoms with Crippen LogP contribution in [0, 0.1) is 51.2 Å². The fourth-order valence-electron chi connectivity index (χ4n) is 14.3. The van der Waals surface area contributed by atoms with Crippen LogP contribution < -0.4 is 0 Å². The number of nitrogens with zero attached hydrogens (tertiary/aromatic N) is 4. The molecule has 2 heterocycles. The highest BCUT2D eigenvalue weighted by Crippen LogP contribution is 2.77. The number of allylic oxidation sites excluding steroid dienone is 3. The first kappa shape index (κ1) is 37.6. The lowest BCUT2D eigenvalue weighted by atomic mass is 9.32. The lowest BCUT2D eigenvalue weighted by molar-refractivity contribution is -0.218. The molecule has 0 bridgehead atoms. The third kappa shape index (κ3) is 5.70. The smallest absolute Gasteiger partial charge is 0.178 e. The molecule has 2 N–H and O–H groups in total. The van der Waals surface area contributed by atoms with Crippen LogP contribution in [0.1, 0.15) is 123 Å². The Hall–Kier alpha value is -2.33. The minimum atomic E-state index is -2.89. The predicted octanol–water partition coefficient (Wildman–Crippen LogP) is 7.59. The predicted molar refractivity (Wildman–Crippen MR) is 210 cm³/mol. The van der Waals surface area contributed by atoms with Gasteiger partial charge in [0, 0.05) is 30.6 Å². The zero-order valence-corrected chi connectivity index (χ0v) is 34.0. The molecule has 0 radical (unpaired) electrons. The van der Waals surface area contributed by atoms with Crippen LogP contribution in [0.2, 0.25) is 0 Å². The van der Waals surface area contributed by atoms with Gasteiger partial charge in [-0.2, -0.15) is 5.10 Å². The highest BCUT2D eigenvalue weighted by atomic mass is 32.2. The SMILES string of the molecule is C=C(C)[C@@H]1CC[C@]2(c3ncn(CCN4CCS(=O)(=O)CC4)n3)CC[C@]3(C)[C@H](CC[C@@H]4[C@@]5(C)CC=C(c6ccc(C(O)O)cc6)C(C)(C)[C@@H]5CC[C@]43C)[C@@H]12. The van der Waals surface area contributed by atoms with Crippen LogP contribution in [-0.2, 0) is 21.8 Å². The molecule has 1 saturated heterocycles. The number of sulfone groups is 1. The summed E-state index contributed by atoms with van der Waals surface area (Å²) in [6.45, 7) is 22.6. The number of hydrogen-bond donors (Lipinski definition) is 2. The summed E-state index contributed by atoms with van der Waals surface area (Å²) in [6.07, 6.45) is 13.8. The monoisotopic (exact) mass is 744 g/mol. The van der Waals surface area contributed by atoms with E-state index in [1.54, 1.807) is 0 Å². The van der Waals surface area contributed by atoms with Crippen LogP contribution in [0.25, 0.3) is 5.57 Å². The third-order valence-electron chi connectivity index (χ3n) is 17.2. The van der Waals surface area contributed by atoms with E-state index in [2.05, 4.69) is 71.2 Å². The Morgan fingerprint density at radius 2 is 1.62 bits per heavy atom. The molecule has 6 aliphatic rings. The molecule has 290 valence electrons. The van der Waals surface area contributed by atoms with Gasteiger partial charge < -0.3 is 10.2 Å². The Morgan fingerprint density at radius 1 is 0.906 bits per heavy atom. The van der Waals surface area contributed by atoms with Crippen LogP contribution in [0.4, 0.5) is 0 Å². The molecule has 8 rings (SSSR count). The van der Waals surface area contributed by atoms with Gasteiger partial charge in [0.05, 0.1) is 18.1 Å². The summed E-state index contributed by atoms with van der Waals surface area (Å²) in [5, 5.41) is 24.7. The van der Waals surface area contributed by atoms with E-state index in [4.69, 9.17) is 10.1 Å². The van der Waals surface area contributed by atoms with Crippen molar-refractivity contribution in [1.82, 2.24) is 19.7 Å². The topological polar surface area (TPSA) is 109 Å². The van der Waals surface area contributed by atoms with Crippen molar-refractivity contribution in [3.05, 3.63) is 65.8 Å². The lowest BCUT2D eigenvalue weighted by Crippen LogP contribution is -2.65. The average molecular weight is 745 g/mol. The number of benzene rings is 1. The van der Waals surface area contributed by atoms with Crippen LogP contribution >= 0.6 is 0 Å². The number of aromatic nitrogens is 3. The van der Waals surface area contributed by atoms with Gasteiger partial charge in [-0.25, -0.2) is 13.4 Å². The van der Waals surface area contributed by atoms with Crippen molar-refractivity contribution in [2.24, 2.45) is 51.2 Å². The van der Waals surface area contributed by atoms with Gasteiger partial charge in [0.15, 0.2) is 22.0 Å². The van der Waals surface area contributed by atoms with Gasteiger partial charge in [0.2, 0.25) is 0 Å². The van der Waals surface area contributed by atoms with Crippen molar-refractivity contribution in [1.29, 1.82) is 0 Å². The van der Waals surface area contributed by atoms with Gasteiger partial charge >= 0.3 is 0 Å². The molecule has 5 aliphatic carbocycles. The van der Waals surface area contributed by atoms with Crippen molar-refractivity contribution in [3.63, 3.8) is 0 Å². The number of fused-ring (bicyclic) bond motifs is 7. The van der Waals surface area contributed by atoms with Gasteiger partial charge in [-0.15, -0.1) is 0 Å². The molecule has 2 aromatic rings. The molecule has 0 spiro atoms. The second kappa shape index (κ2) is 12.9. The summed E-state index contributed by atoms with van der Waals surface area (Å²) >= 11 is 0. The van der Waals surface area contributed by atoms with Crippen molar-refractivity contribution in [2.75, 3.05) is 31.1 Å². The normalized spacial score (nSPS) is 40.5. The van der Waals surface area contributed by atoms with Gasteiger partial charge in [-0.05, 0) is 127 Å². The zero-order chi connectivity index (χ0) is 37.8. The summed E-state index contributed by atoms with van der Waals surface area (Å²) in [4.78, 5) is 7.37. The van der Waals surface area contributed by atoms with Crippen LogP contribution in [0.3, 0.4) is 0 Å². The maximum Gasteiger partial charge on any atom is 0.178 e. The van der Waals surface area contributed by atoms with Crippen LogP contribution in [0.5, 0.6) is 0 Å². The van der Waals surface area contributed by atoms with Crippen molar-refractivity contribution >= 4 is 15.4 Å². The van der Waals surface area contributed by atoms with Crippen LogP contribution in [-0.4, -0.2) is 69.4 Å². The molecular formula is C44H64N4O4S. The fraction of sp³-hybridized carbons (Fsp3) is 0.727.